The van der Waals surface area contributed by atoms with Crippen LogP contribution in [0.2, 0.25) is 0 Å². The molecule has 1 aromatic heterocycles. The SMILES string of the molecule is C[C@H]1C[C@H](C)CN(CCNC(=O)NCc2nnc3n2CCCCC3)C1. The first kappa shape index (κ1) is 18.2. The van der Waals surface area contributed by atoms with Gasteiger partial charge in [-0.05, 0) is 31.1 Å². The van der Waals surface area contributed by atoms with Crippen molar-refractivity contribution in [2.45, 2.75) is 59.0 Å². The Morgan fingerprint density at radius 3 is 2.72 bits per heavy atom. The lowest BCUT2D eigenvalue weighted by molar-refractivity contribution is 0.142. The highest BCUT2D eigenvalue weighted by atomic mass is 16.2. The van der Waals surface area contributed by atoms with Crippen LogP contribution in [0.15, 0.2) is 0 Å². The number of fused-ring (bicyclic) bond motifs is 1. The largest absolute Gasteiger partial charge is 0.337 e. The van der Waals surface area contributed by atoms with Gasteiger partial charge in [-0.2, -0.15) is 0 Å². The fourth-order valence-electron chi connectivity index (χ4n) is 4.20. The number of nitrogens with one attached hydrogen (secondary N) is 2. The van der Waals surface area contributed by atoms with E-state index in [-0.39, 0.29) is 6.03 Å². The predicted molar refractivity (Wildman–Crippen MR) is 97.2 cm³/mol. The summed E-state index contributed by atoms with van der Waals surface area (Å²) in [5, 5.41) is 14.4. The third kappa shape index (κ3) is 5.17. The van der Waals surface area contributed by atoms with Gasteiger partial charge in [-0.1, -0.05) is 20.3 Å². The summed E-state index contributed by atoms with van der Waals surface area (Å²) in [6, 6.07) is -0.121. The Kier molecular flexibility index (Phi) is 6.29. The summed E-state index contributed by atoms with van der Waals surface area (Å²) in [7, 11) is 0. The number of carbonyl (C=O) groups is 1. The third-order valence-electron chi connectivity index (χ3n) is 5.25. The van der Waals surface area contributed by atoms with Gasteiger partial charge in [0.1, 0.15) is 5.82 Å². The maximum atomic E-state index is 12.0. The summed E-state index contributed by atoms with van der Waals surface area (Å²) in [6.45, 7) is 9.90. The lowest BCUT2D eigenvalue weighted by Gasteiger charge is -2.34. The molecule has 0 aliphatic carbocycles. The molecular weight excluding hydrogens is 316 g/mol. The number of piperidine rings is 1. The molecule has 2 amide bonds. The number of aromatic nitrogens is 3. The molecule has 0 unspecified atom stereocenters. The Labute approximate surface area is 150 Å². The zero-order chi connectivity index (χ0) is 17.6. The minimum absolute atomic E-state index is 0.121. The summed E-state index contributed by atoms with van der Waals surface area (Å²) in [4.78, 5) is 14.5. The second-order valence-electron chi connectivity index (χ2n) is 7.81. The fourth-order valence-corrected chi connectivity index (χ4v) is 4.20. The minimum Gasteiger partial charge on any atom is -0.337 e. The smallest absolute Gasteiger partial charge is 0.315 e. The number of hydrogen-bond acceptors (Lipinski definition) is 4. The highest BCUT2D eigenvalue weighted by Gasteiger charge is 2.21. The molecule has 0 radical (unpaired) electrons. The van der Waals surface area contributed by atoms with Crippen LogP contribution < -0.4 is 10.6 Å². The maximum Gasteiger partial charge on any atom is 0.315 e. The number of amides is 2. The molecule has 140 valence electrons. The number of hydrogen-bond donors (Lipinski definition) is 2. The molecule has 2 aliphatic rings. The summed E-state index contributed by atoms with van der Waals surface area (Å²) >= 11 is 0. The first-order chi connectivity index (χ1) is 12.1. The Morgan fingerprint density at radius 2 is 1.92 bits per heavy atom. The molecular formula is C18H32N6O. The van der Waals surface area contributed by atoms with E-state index in [1.165, 1.54) is 19.3 Å². The highest BCUT2D eigenvalue weighted by molar-refractivity contribution is 5.73. The zero-order valence-corrected chi connectivity index (χ0v) is 15.6. The molecule has 0 saturated carbocycles. The summed E-state index contributed by atoms with van der Waals surface area (Å²) in [5.41, 5.74) is 0. The van der Waals surface area contributed by atoms with Gasteiger partial charge in [0.05, 0.1) is 6.54 Å². The van der Waals surface area contributed by atoms with Crippen molar-refractivity contribution < 1.29 is 4.79 Å². The van der Waals surface area contributed by atoms with Crippen molar-refractivity contribution in [2.24, 2.45) is 11.8 Å². The van der Waals surface area contributed by atoms with E-state index in [1.54, 1.807) is 0 Å². The highest BCUT2D eigenvalue weighted by Crippen LogP contribution is 2.20. The Bertz CT molecular complexity index is 562. The third-order valence-corrected chi connectivity index (χ3v) is 5.25. The molecule has 0 aromatic carbocycles. The fraction of sp³-hybridized carbons (Fsp3) is 0.833. The van der Waals surface area contributed by atoms with Crippen LogP contribution in [-0.2, 0) is 19.5 Å². The maximum absolute atomic E-state index is 12.0. The van der Waals surface area contributed by atoms with Crippen LogP contribution in [0, 0.1) is 11.8 Å². The van der Waals surface area contributed by atoms with Gasteiger partial charge in [0.25, 0.3) is 0 Å². The van der Waals surface area contributed by atoms with E-state index in [9.17, 15) is 4.79 Å². The number of carbonyl (C=O) groups excluding carboxylic acids is 1. The number of rotatable bonds is 5. The average molecular weight is 348 g/mol. The van der Waals surface area contributed by atoms with E-state index >= 15 is 0 Å². The predicted octanol–water partition coefficient (Wildman–Crippen LogP) is 1.78. The van der Waals surface area contributed by atoms with Gasteiger partial charge in [-0.3, -0.25) is 0 Å². The van der Waals surface area contributed by atoms with Crippen LogP contribution in [0.5, 0.6) is 0 Å². The average Bonchev–Trinajstić information content (AvgIpc) is 2.79. The van der Waals surface area contributed by atoms with Crippen molar-refractivity contribution in [3.05, 3.63) is 11.6 Å². The first-order valence-electron chi connectivity index (χ1n) is 9.77. The Morgan fingerprint density at radius 1 is 1.12 bits per heavy atom. The van der Waals surface area contributed by atoms with Gasteiger partial charge in [0.2, 0.25) is 0 Å². The second kappa shape index (κ2) is 8.65. The van der Waals surface area contributed by atoms with E-state index in [1.807, 2.05) is 0 Å². The lowest BCUT2D eigenvalue weighted by Crippen LogP contribution is -2.44. The summed E-state index contributed by atoms with van der Waals surface area (Å²) in [6.07, 6.45) is 5.89. The number of likely N-dealkylation sites (tertiary alicyclic amines) is 1. The quantitative estimate of drug-likeness (QED) is 0.851. The van der Waals surface area contributed by atoms with Crippen LogP contribution in [-0.4, -0.2) is 51.9 Å². The van der Waals surface area contributed by atoms with Gasteiger partial charge in [0.15, 0.2) is 5.82 Å². The van der Waals surface area contributed by atoms with Crippen molar-refractivity contribution in [2.75, 3.05) is 26.2 Å². The molecule has 25 heavy (non-hydrogen) atoms. The van der Waals surface area contributed by atoms with Crippen molar-refractivity contribution >= 4 is 6.03 Å². The molecule has 1 fully saturated rings. The van der Waals surface area contributed by atoms with E-state index in [2.05, 4.69) is 44.1 Å². The summed E-state index contributed by atoms with van der Waals surface area (Å²) < 4.78 is 2.17. The standard InChI is InChI=1S/C18H32N6O/c1-14-10-15(2)13-23(12-14)9-7-19-18(25)20-11-17-22-21-16-6-4-3-5-8-24(16)17/h14-15H,3-13H2,1-2H3,(H2,19,20,25)/t14-,15-/m0/s1. The normalized spacial score (nSPS) is 24.4. The molecule has 7 heteroatoms. The van der Waals surface area contributed by atoms with Crippen LogP contribution in [0.25, 0.3) is 0 Å². The minimum atomic E-state index is -0.121. The second-order valence-corrected chi connectivity index (χ2v) is 7.81. The molecule has 7 nitrogen and oxygen atoms in total. The molecule has 3 rings (SSSR count). The van der Waals surface area contributed by atoms with Gasteiger partial charge >= 0.3 is 6.03 Å². The summed E-state index contributed by atoms with van der Waals surface area (Å²) in [5.74, 6) is 3.43. The monoisotopic (exact) mass is 348 g/mol. The molecule has 1 saturated heterocycles. The number of urea groups is 1. The topological polar surface area (TPSA) is 75.1 Å². The van der Waals surface area contributed by atoms with Crippen LogP contribution >= 0.6 is 0 Å². The van der Waals surface area contributed by atoms with E-state index < -0.39 is 0 Å². The molecule has 1 aromatic rings. The molecule has 2 aliphatic heterocycles. The van der Waals surface area contributed by atoms with Gasteiger partial charge in [-0.15, -0.1) is 10.2 Å². The number of nitrogens with zero attached hydrogens (tertiary/aromatic N) is 4. The van der Waals surface area contributed by atoms with Crippen molar-refractivity contribution in [3.8, 4) is 0 Å². The zero-order valence-electron chi connectivity index (χ0n) is 15.6. The van der Waals surface area contributed by atoms with E-state index in [0.717, 1.165) is 62.5 Å². The van der Waals surface area contributed by atoms with Crippen molar-refractivity contribution in [1.82, 2.24) is 30.3 Å². The van der Waals surface area contributed by atoms with Gasteiger partial charge < -0.3 is 20.1 Å². The van der Waals surface area contributed by atoms with Gasteiger partial charge in [0, 0.05) is 39.1 Å². The molecule has 2 atom stereocenters. The first-order valence-corrected chi connectivity index (χ1v) is 9.77. The van der Waals surface area contributed by atoms with Crippen LogP contribution in [0.3, 0.4) is 0 Å². The molecule has 2 N–H and O–H groups in total. The van der Waals surface area contributed by atoms with E-state index in [0.29, 0.717) is 13.1 Å². The molecule has 3 heterocycles. The van der Waals surface area contributed by atoms with Crippen LogP contribution in [0.4, 0.5) is 4.79 Å². The van der Waals surface area contributed by atoms with E-state index in [4.69, 9.17) is 0 Å². The molecule has 0 bridgehead atoms. The van der Waals surface area contributed by atoms with Crippen LogP contribution in [0.1, 0.15) is 51.2 Å². The Balaban J connectivity index is 1.38. The lowest BCUT2D eigenvalue weighted by atomic mass is 9.92. The molecule has 0 spiro atoms. The van der Waals surface area contributed by atoms with Crippen molar-refractivity contribution in [1.29, 1.82) is 0 Å². The van der Waals surface area contributed by atoms with Gasteiger partial charge in [-0.25, -0.2) is 4.79 Å². The van der Waals surface area contributed by atoms with Crippen molar-refractivity contribution in [3.63, 3.8) is 0 Å². The Hall–Kier alpha value is -1.63. The number of aryl methyl sites for hydroxylation is 1.